The van der Waals surface area contributed by atoms with Crippen LogP contribution < -0.4 is 5.32 Å². The quantitative estimate of drug-likeness (QED) is 0.815. The lowest BCUT2D eigenvalue weighted by atomic mass is 9.91. The molecule has 1 fully saturated rings. The number of nitrogens with zero attached hydrogens (tertiary/aromatic N) is 1. The lowest BCUT2D eigenvalue weighted by Crippen LogP contribution is -2.41. The number of nitrogens with one attached hydrogen (secondary N) is 1. The maximum Gasteiger partial charge on any atom is 0.156 e. The summed E-state index contributed by atoms with van der Waals surface area (Å²) in [5.74, 6) is 1.91. The molecule has 0 aromatic rings. The predicted molar refractivity (Wildman–Crippen MR) is 75.2 cm³/mol. The van der Waals surface area contributed by atoms with Crippen molar-refractivity contribution in [1.29, 1.82) is 0 Å². The minimum Gasteiger partial charge on any atom is -0.362 e. The van der Waals surface area contributed by atoms with Crippen molar-refractivity contribution in [1.82, 2.24) is 5.32 Å². The van der Waals surface area contributed by atoms with Gasteiger partial charge in [0, 0.05) is 18.3 Å². The van der Waals surface area contributed by atoms with Gasteiger partial charge in [-0.25, -0.2) is 0 Å². The first-order valence-corrected chi connectivity index (χ1v) is 7.37. The lowest BCUT2D eigenvalue weighted by Gasteiger charge is -2.29. The molecule has 1 heterocycles. The third kappa shape index (κ3) is 4.36. The topological polar surface area (TPSA) is 24.4 Å². The Labute approximate surface area is 105 Å². The Kier molecular flexibility index (Phi) is 5.16. The summed E-state index contributed by atoms with van der Waals surface area (Å²) >= 11 is 1.87. The van der Waals surface area contributed by atoms with E-state index in [1.807, 2.05) is 11.8 Å². The minimum absolute atomic E-state index is 0.333. The zero-order valence-electron chi connectivity index (χ0n) is 11.3. The second-order valence-electron chi connectivity index (χ2n) is 5.77. The number of hydrogen-bond donors (Lipinski definition) is 1. The number of rotatable bonds is 4. The SMILES string of the molecule is CCC(C)(C)CN=C1NC(C(C)C)CCS1. The van der Waals surface area contributed by atoms with Crippen LogP contribution in [-0.4, -0.2) is 23.5 Å². The van der Waals surface area contributed by atoms with Gasteiger partial charge in [-0.3, -0.25) is 4.99 Å². The van der Waals surface area contributed by atoms with Crippen molar-refractivity contribution < 1.29 is 0 Å². The van der Waals surface area contributed by atoms with Crippen LogP contribution in [-0.2, 0) is 0 Å². The van der Waals surface area contributed by atoms with E-state index in [9.17, 15) is 0 Å². The van der Waals surface area contributed by atoms with E-state index in [1.165, 1.54) is 18.6 Å². The molecule has 0 aliphatic carbocycles. The molecule has 16 heavy (non-hydrogen) atoms. The first kappa shape index (κ1) is 13.9. The smallest absolute Gasteiger partial charge is 0.156 e. The van der Waals surface area contributed by atoms with Gasteiger partial charge in [-0.2, -0.15) is 0 Å². The first-order valence-electron chi connectivity index (χ1n) is 6.38. The zero-order valence-corrected chi connectivity index (χ0v) is 12.2. The molecular weight excluding hydrogens is 216 g/mol. The van der Waals surface area contributed by atoms with Crippen LogP contribution in [0.2, 0.25) is 0 Å². The molecule has 1 aliphatic rings. The molecule has 0 spiro atoms. The Morgan fingerprint density at radius 1 is 1.50 bits per heavy atom. The molecule has 94 valence electrons. The van der Waals surface area contributed by atoms with Gasteiger partial charge in [0.05, 0.1) is 0 Å². The molecule has 1 aliphatic heterocycles. The summed E-state index contributed by atoms with van der Waals surface area (Å²) < 4.78 is 0. The molecule has 1 saturated heterocycles. The number of hydrogen-bond acceptors (Lipinski definition) is 2. The zero-order chi connectivity index (χ0) is 12.2. The normalized spacial score (nSPS) is 24.9. The summed E-state index contributed by atoms with van der Waals surface area (Å²) in [5.41, 5.74) is 0.333. The van der Waals surface area contributed by atoms with Crippen LogP contribution in [0, 0.1) is 11.3 Å². The van der Waals surface area contributed by atoms with E-state index in [1.54, 1.807) is 0 Å². The van der Waals surface area contributed by atoms with E-state index < -0.39 is 0 Å². The highest BCUT2D eigenvalue weighted by atomic mass is 32.2. The molecule has 0 amide bonds. The summed E-state index contributed by atoms with van der Waals surface area (Å²) in [6.07, 6.45) is 2.45. The molecule has 0 radical (unpaired) electrons. The van der Waals surface area contributed by atoms with Crippen LogP contribution in [0.4, 0.5) is 0 Å². The molecule has 0 aromatic heterocycles. The van der Waals surface area contributed by atoms with Crippen LogP contribution in [0.3, 0.4) is 0 Å². The first-order chi connectivity index (χ1) is 7.44. The highest BCUT2D eigenvalue weighted by Gasteiger charge is 2.21. The Hall–Kier alpha value is -0.180. The van der Waals surface area contributed by atoms with Crippen molar-refractivity contribution >= 4 is 16.9 Å². The van der Waals surface area contributed by atoms with Crippen LogP contribution in [0.5, 0.6) is 0 Å². The van der Waals surface area contributed by atoms with E-state index >= 15 is 0 Å². The molecule has 3 heteroatoms. The van der Waals surface area contributed by atoms with Crippen LogP contribution in [0.25, 0.3) is 0 Å². The average Bonchev–Trinajstić information content (AvgIpc) is 2.27. The average molecular weight is 242 g/mol. The molecule has 0 aromatic carbocycles. The molecule has 1 unspecified atom stereocenters. The summed E-state index contributed by atoms with van der Waals surface area (Å²) in [4.78, 5) is 4.73. The van der Waals surface area contributed by atoms with E-state index in [0.717, 1.165) is 11.7 Å². The molecule has 1 N–H and O–H groups in total. The van der Waals surface area contributed by atoms with E-state index in [0.29, 0.717) is 17.4 Å². The maximum absolute atomic E-state index is 4.73. The highest BCUT2D eigenvalue weighted by molar-refractivity contribution is 8.13. The summed E-state index contributed by atoms with van der Waals surface area (Å²) in [6.45, 7) is 12.3. The fraction of sp³-hybridized carbons (Fsp3) is 0.923. The van der Waals surface area contributed by atoms with Crippen molar-refractivity contribution in [3.8, 4) is 0 Å². The Balaban J connectivity index is 2.50. The van der Waals surface area contributed by atoms with Crippen molar-refractivity contribution in [3.63, 3.8) is 0 Å². The van der Waals surface area contributed by atoms with E-state index in [-0.39, 0.29) is 0 Å². The van der Waals surface area contributed by atoms with Gasteiger partial charge >= 0.3 is 0 Å². The van der Waals surface area contributed by atoms with Gasteiger partial charge < -0.3 is 5.32 Å². The molecule has 2 nitrogen and oxygen atoms in total. The van der Waals surface area contributed by atoms with Gasteiger partial charge in [-0.1, -0.05) is 46.4 Å². The summed E-state index contributed by atoms with van der Waals surface area (Å²) in [7, 11) is 0. The standard InChI is InChI=1S/C13H26N2S/c1-6-13(4,5)9-14-12-15-11(10(2)3)7-8-16-12/h10-11H,6-9H2,1-5H3,(H,14,15). The van der Waals surface area contributed by atoms with Gasteiger partial charge in [0.1, 0.15) is 0 Å². The Morgan fingerprint density at radius 3 is 2.75 bits per heavy atom. The number of aliphatic imine (C=N–C) groups is 1. The number of thioether (sulfide) groups is 1. The van der Waals surface area contributed by atoms with Gasteiger partial charge in [0.15, 0.2) is 5.17 Å². The Bertz CT molecular complexity index is 246. The van der Waals surface area contributed by atoms with Crippen LogP contribution in [0.1, 0.15) is 47.5 Å². The van der Waals surface area contributed by atoms with Crippen LogP contribution in [0.15, 0.2) is 4.99 Å². The van der Waals surface area contributed by atoms with Crippen molar-refractivity contribution in [2.45, 2.75) is 53.5 Å². The van der Waals surface area contributed by atoms with Gasteiger partial charge in [0.2, 0.25) is 0 Å². The van der Waals surface area contributed by atoms with Gasteiger partial charge in [-0.15, -0.1) is 0 Å². The summed E-state index contributed by atoms with van der Waals surface area (Å²) in [5, 5.41) is 4.72. The van der Waals surface area contributed by atoms with Crippen molar-refractivity contribution in [2.24, 2.45) is 16.3 Å². The molecule has 1 rings (SSSR count). The van der Waals surface area contributed by atoms with Gasteiger partial charge in [-0.05, 0) is 24.2 Å². The molecule has 1 atom stereocenters. The third-order valence-corrected chi connectivity index (χ3v) is 4.35. The fourth-order valence-corrected chi connectivity index (χ4v) is 2.50. The third-order valence-electron chi connectivity index (χ3n) is 3.39. The summed E-state index contributed by atoms with van der Waals surface area (Å²) in [6, 6.07) is 0.615. The largest absolute Gasteiger partial charge is 0.362 e. The van der Waals surface area contributed by atoms with E-state index in [4.69, 9.17) is 4.99 Å². The highest BCUT2D eigenvalue weighted by Crippen LogP contribution is 2.22. The molecular formula is C13H26N2S. The van der Waals surface area contributed by atoms with Crippen molar-refractivity contribution in [2.75, 3.05) is 12.3 Å². The molecule has 0 bridgehead atoms. The maximum atomic E-state index is 4.73. The minimum atomic E-state index is 0.333. The second kappa shape index (κ2) is 5.95. The molecule has 0 saturated carbocycles. The second-order valence-corrected chi connectivity index (χ2v) is 6.85. The Morgan fingerprint density at radius 2 is 2.19 bits per heavy atom. The van der Waals surface area contributed by atoms with Crippen molar-refractivity contribution in [3.05, 3.63) is 0 Å². The van der Waals surface area contributed by atoms with E-state index in [2.05, 4.69) is 39.9 Å². The monoisotopic (exact) mass is 242 g/mol. The van der Waals surface area contributed by atoms with Gasteiger partial charge in [0.25, 0.3) is 0 Å². The fourth-order valence-electron chi connectivity index (χ4n) is 1.54. The lowest BCUT2D eigenvalue weighted by molar-refractivity contribution is 0.365. The predicted octanol–water partition coefficient (Wildman–Crippen LogP) is 3.53. The van der Waals surface area contributed by atoms with Crippen LogP contribution >= 0.6 is 11.8 Å². The number of amidine groups is 1.